The van der Waals surface area contributed by atoms with E-state index in [0.29, 0.717) is 34.8 Å². The number of hydrogen-bond donors (Lipinski definition) is 2. The van der Waals surface area contributed by atoms with Crippen LogP contribution in [0.15, 0.2) is 71.1 Å². The van der Waals surface area contributed by atoms with Crippen LogP contribution in [0.5, 0.6) is 11.5 Å². The van der Waals surface area contributed by atoms with Crippen LogP contribution in [0.25, 0.3) is 11.3 Å². The van der Waals surface area contributed by atoms with Crippen molar-refractivity contribution in [2.45, 2.75) is 43.7 Å². The molecule has 2 aromatic heterocycles. The van der Waals surface area contributed by atoms with Crippen LogP contribution < -0.4 is 15.4 Å². The molecule has 1 amide bonds. The van der Waals surface area contributed by atoms with Gasteiger partial charge in [0, 0.05) is 41.5 Å². The third kappa shape index (κ3) is 6.27. The molecule has 5 rings (SSSR count). The Labute approximate surface area is 226 Å². The Morgan fingerprint density at radius 1 is 1.11 bits per heavy atom. The normalized spacial score (nSPS) is 13.6. The molecule has 10 heteroatoms. The fourth-order valence-electron chi connectivity index (χ4n) is 4.08. The number of nitrogens with one attached hydrogen (secondary N) is 2. The van der Waals surface area contributed by atoms with E-state index in [1.165, 1.54) is 42.7 Å². The van der Waals surface area contributed by atoms with Gasteiger partial charge in [0.2, 0.25) is 0 Å². The van der Waals surface area contributed by atoms with Crippen molar-refractivity contribution in [3.05, 3.63) is 83.0 Å². The third-order valence-electron chi connectivity index (χ3n) is 6.39. The van der Waals surface area contributed by atoms with Crippen molar-refractivity contribution in [3.8, 4) is 22.8 Å². The molecular formula is C28H28N4O4S2. The minimum Gasteiger partial charge on any atom is -0.457 e. The van der Waals surface area contributed by atoms with Gasteiger partial charge in [-0.3, -0.25) is 15.1 Å². The standard InChI is InChI=1S/C28H28N4O4S2/c1-18-5-4-12-29-26(18)19-13-20(15-24(14-19)36-23-8-10-25(11-9-23)38(2,34)35)27(33)32-28-31-22(17-37-28)16-30-21-6-3-7-21/h4-5,8-15,17,21,30H,3,6-7,16H2,1-2H3,(H,31,32,33). The van der Waals surface area contributed by atoms with Crippen LogP contribution in [0.1, 0.15) is 40.9 Å². The molecule has 0 aliphatic heterocycles. The number of aryl methyl sites for hydroxylation is 1. The van der Waals surface area contributed by atoms with Crippen molar-refractivity contribution in [2.75, 3.05) is 11.6 Å². The summed E-state index contributed by atoms with van der Waals surface area (Å²) in [4.78, 5) is 22.5. The fourth-order valence-corrected chi connectivity index (χ4v) is 5.42. The number of thiazole rings is 1. The monoisotopic (exact) mass is 548 g/mol. The molecule has 0 unspecified atom stereocenters. The Kier molecular flexibility index (Phi) is 7.55. The van der Waals surface area contributed by atoms with E-state index in [2.05, 4.69) is 20.6 Å². The van der Waals surface area contributed by atoms with Gasteiger partial charge in [0.1, 0.15) is 11.5 Å². The van der Waals surface area contributed by atoms with Gasteiger partial charge in [-0.15, -0.1) is 11.3 Å². The number of hydrogen-bond acceptors (Lipinski definition) is 8. The van der Waals surface area contributed by atoms with E-state index in [-0.39, 0.29) is 10.8 Å². The molecule has 1 fully saturated rings. The molecule has 0 radical (unpaired) electrons. The number of ether oxygens (including phenoxy) is 1. The molecule has 4 aromatic rings. The molecule has 1 saturated carbocycles. The highest BCUT2D eigenvalue weighted by molar-refractivity contribution is 7.90. The van der Waals surface area contributed by atoms with E-state index < -0.39 is 9.84 Å². The molecule has 0 saturated heterocycles. The number of sulfone groups is 1. The van der Waals surface area contributed by atoms with Gasteiger partial charge in [0.15, 0.2) is 15.0 Å². The quantitative estimate of drug-likeness (QED) is 0.280. The number of carbonyl (C=O) groups is 1. The van der Waals surface area contributed by atoms with E-state index in [4.69, 9.17) is 4.74 Å². The molecule has 0 bridgehead atoms. The molecule has 0 atom stereocenters. The zero-order chi connectivity index (χ0) is 26.7. The van der Waals surface area contributed by atoms with Gasteiger partial charge in [-0.2, -0.15) is 0 Å². The Bertz CT molecular complexity index is 1560. The van der Waals surface area contributed by atoms with Crippen molar-refractivity contribution in [3.63, 3.8) is 0 Å². The fraction of sp³-hybridized carbons (Fsp3) is 0.250. The average molecular weight is 549 g/mol. The highest BCUT2D eigenvalue weighted by Gasteiger charge is 2.18. The van der Waals surface area contributed by atoms with E-state index in [1.807, 2.05) is 30.5 Å². The van der Waals surface area contributed by atoms with Crippen molar-refractivity contribution in [1.82, 2.24) is 15.3 Å². The minimum atomic E-state index is -3.32. The number of rotatable bonds is 9. The first-order valence-corrected chi connectivity index (χ1v) is 15.1. The number of anilines is 1. The van der Waals surface area contributed by atoms with Crippen molar-refractivity contribution >= 4 is 32.2 Å². The Morgan fingerprint density at radius 2 is 1.89 bits per heavy atom. The molecule has 1 aliphatic carbocycles. The lowest BCUT2D eigenvalue weighted by molar-refractivity contribution is 0.102. The van der Waals surface area contributed by atoms with Crippen molar-refractivity contribution in [2.24, 2.45) is 0 Å². The maximum Gasteiger partial charge on any atom is 0.257 e. The molecule has 2 heterocycles. The summed E-state index contributed by atoms with van der Waals surface area (Å²) in [7, 11) is -3.32. The number of aromatic nitrogens is 2. The zero-order valence-corrected chi connectivity index (χ0v) is 22.7. The maximum atomic E-state index is 13.3. The molecule has 2 aromatic carbocycles. The van der Waals surface area contributed by atoms with Gasteiger partial charge >= 0.3 is 0 Å². The number of nitrogens with zero attached hydrogens (tertiary/aromatic N) is 2. The predicted molar refractivity (Wildman–Crippen MR) is 149 cm³/mol. The largest absolute Gasteiger partial charge is 0.457 e. The number of carbonyl (C=O) groups excluding carboxylic acids is 1. The van der Waals surface area contributed by atoms with Crippen molar-refractivity contribution < 1.29 is 17.9 Å². The minimum absolute atomic E-state index is 0.202. The van der Waals surface area contributed by atoms with Gasteiger partial charge < -0.3 is 10.1 Å². The maximum absolute atomic E-state index is 13.3. The summed E-state index contributed by atoms with van der Waals surface area (Å²) in [6.07, 6.45) is 6.53. The van der Waals surface area contributed by atoms with Gasteiger partial charge in [-0.1, -0.05) is 12.5 Å². The molecule has 2 N–H and O–H groups in total. The van der Waals surface area contributed by atoms with Crippen LogP contribution in [-0.4, -0.2) is 36.6 Å². The summed E-state index contributed by atoms with van der Waals surface area (Å²) in [5.74, 6) is 0.557. The van der Waals surface area contributed by atoms with E-state index in [0.717, 1.165) is 28.8 Å². The van der Waals surface area contributed by atoms with Gasteiger partial charge in [0.05, 0.1) is 16.3 Å². The highest BCUT2D eigenvalue weighted by Crippen LogP contribution is 2.31. The first kappa shape index (κ1) is 26.0. The second-order valence-electron chi connectivity index (χ2n) is 9.37. The van der Waals surface area contributed by atoms with E-state index in [9.17, 15) is 13.2 Å². The lowest BCUT2D eigenvalue weighted by Crippen LogP contribution is -2.34. The summed E-state index contributed by atoms with van der Waals surface area (Å²) in [6, 6.07) is 15.8. The average Bonchev–Trinajstić information content (AvgIpc) is 3.30. The summed E-state index contributed by atoms with van der Waals surface area (Å²) in [5.41, 5.74) is 3.70. The first-order valence-electron chi connectivity index (χ1n) is 12.3. The van der Waals surface area contributed by atoms with E-state index >= 15 is 0 Å². The lowest BCUT2D eigenvalue weighted by atomic mass is 9.93. The van der Waals surface area contributed by atoms with Crippen LogP contribution >= 0.6 is 11.3 Å². The Morgan fingerprint density at radius 3 is 2.58 bits per heavy atom. The molecular weight excluding hydrogens is 520 g/mol. The van der Waals surface area contributed by atoms with Crippen LogP contribution in [-0.2, 0) is 16.4 Å². The summed E-state index contributed by atoms with van der Waals surface area (Å²) < 4.78 is 29.6. The second kappa shape index (κ2) is 11.0. The number of amides is 1. The Hall–Kier alpha value is -3.60. The van der Waals surface area contributed by atoms with Crippen LogP contribution in [0.3, 0.4) is 0 Å². The third-order valence-corrected chi connectivity index (χ3v) is 8.32. The zero-order valence-electron chi connectivity index (χ0n) is 21.1. The smallest absolute Gasteiger partial charge is 0.257 e. The number of benzene rings is 2. The summed E-state index contributed by atoms with van der Waals surface area (Å²) in [5, 5.41) is 8.86. The number of pyridine rings is 1. The first-order chi connectivity index (χ1) is 18.2. The van der Waals surface area contributed by atoms with Crippen LogP contribution in [0.2, 0.25) is 0 Å². The topological polar surface area (TPSA) is 110 Å². The van der Waals surface area contributed by atoms with Gasteiger partial charge in [0.25, 0.3) is 5.91 Å². The highest BCUT2D eigenvalue weighted by atomic mass is 32.2. The van der Waals surface area contributed by atoms with E-state index in [1.54, 1.807) is 30.5 Å². The van der Waals surface area contributed by atoms with Crippen LogP contribution in [0, 0.1) is 6.92 Å². The van der Waals surface area contributed by atoms with Gasteiger partial charge in [-0.05, 0) is 73.9 Å². The summed E-state index contributed by atoms with van der Waals surface area (Å²) in [6.45, 7) is 2.63. The molecule has 1 aliphatic rings. The predicted octanol–water partition coefficient (Wildman–Crippen LogP) is 5.60. The second-order valence-corrected chi connectivity index (χ2v) is 12.2. The Balaban J connectivity index is 1.39. The molecule has 0 spiro atoms. The van der Waals surface area contributed by atoms with Crippen molar-refractivity contribution in [1.29, 1.82) is 0 Å². The summed E-state index contributed by atoms with van der Waals surface area (Å²) >= 11 is 1.39. The lowest BCUT2D eigenvalue weighted by Gasteiger charge is -2.26. The molecule has 38 heavy (non-hydrogen) atoms. The van der Waals surface area contributed by atoms with Crippen LogP contribution in [0.4, 0.5) is 5.13 Å². The SMILES string of the molecule is Cc1cccnc1-c1cc(Oc2ccc(S(C)(=O)=O)cc2)cc(C(=O)Nc2nc(CNC3CCC3)cs2)c1. The molecule has 8 nitrogen and oxygen atoms in total. The molecule has 196 valence electrons. The van der Waals surface area contributed by atoms with Gasteiger partial charge in [-0.25, -0.2) is 13.4 Å².